The lowest BCUT2D eigenvalue weighted by molar-refractivity contribution is 0.587. The molecule has 0 amide bonds. The van der Waals surface area contributed by atoms with Crippen molar-refractivity contribution in [2.45, 2.75) is 32.1 Å². The van der Waals surface area contributed by atoms with Crippen molar-refractivity contribution in [3.05, 3.63) is 0 Å². The second-order valence-corrected chi connectivity index (χ2v) is 6.63. The second kappa shape index (κ2) is 7.49. The summed E-state index contributed by atoms with van der Waals surface area (Å²) >= 11 is 5.75. The molecule has 0 bridgehead atoms. The number of hydrogen-bond donors (Lipinski definition) is 1. The molecule has 0 aromatic heterocycles. The molecule has 0 fully saturated rings. The number of sulfone groups is 1. The van der Waals surface area contributed by atoms with Gasteiger partial charge in [0.15, 0.2) is 0 Å². The molecule has 0 aliphatic rings. The zero-order chi connectivity index (χ0) is 11.0. The summed E-state index contributed by atoms with van der Waals surface area (Å²) in [5.41, 5.74) is 0. The van der Waals surface area contributed by atoms with Gasteiger partial charge in [0.2, 0.25) is 0 Å². The summed E-state index contributed by atoms with van der Waals surface area (Å²) in [6, 6.07) is 0. The van der Waals surface area contributed by atoms with Crippen molar-refractivity contribution in [1.29, 1.82) is 0 Å². The second-order valence-electron chi connectivity index (χ2n) is 3.41. The van der Waals surface area contributed by atoms with Gasteiger partial charge in [-0.3, -0.25) is 0 Å². The van der Waals surface area contributed by atoms with Crippen LogP contribution in [0.2, 0.25) is 0 Å². The van der Waals surface area contributed by atoms with E-state index >= 15 is 0 Å². The Morgan fingerprint density at radius 2 is 2.00 bits per heavy atom. The molecule has 0 aliphatic heterocycles. The van der Waals surface area contributed by atoms with Crippen LogP contribution in [0.15, 0.2) is 0 Å². The predicted octanol–water partition coefficient (Wildman–Crippen LogP) is 1.42. The minimum Gasteiger partial charge on any atom is -0.317 e. The molecule has 14 heavy (non-hydrogen) atoms. The standard InChI is InChI=1S/C9H20ClNO2S/c1-3-14(12,13)8-4-6-11-7-5-9(2)10/h9,11H,3-8H2,1-2H3. The molecule has 0 aromatic carbocycles. The Morgan fingerprint density at radius 1 is 1.36 bits per heavy atom. The van der Waals surface area contributed by atoms with E-state index in [4.69, 9.17) is 11.6 Å². The van der Waals surface area contributed by atoms with Crippen LogP contribution in [-0.4, -0.2) is 38.4 Å². The van der Waals surface area contributed by atoms with Crippen LogP contribution in [0.1, 0.15) is 26.7 Å². The fraction of sp³-hybridized carbons (Fsp3) is 1.00. The van der Waals surface area contributed by atoms with Gasteiger partial charge in [-0.05, 0) is 32.9 Å². The van der Waals surface area contributed by atoms with Crippen molar-refractivity contribution in [3.8, 4) is 0 Å². The van der Waals surface area contributed by atoms with Crippen LogP contribution < -0.4 is 5.32 Å². The zero-order valence-electron chi connectivity index (χ0n) is 8.92. The Morgan fingerprint density at radius 3 is 2.50 bits per heavy atom. The molecule has 1 N–H and O–H groups in total. The van der Waals surface area contributed by atoms with E-state index in [0.717, 1.165) is 19.5 Å². The van der Waals surface area contributed by atoms with Crippen molar-refractivity contribution < 1.29 is 8.42 Å². The molecule has 5 heteroatoms. The predicted molar refractivity (Wildman–Crippen MR) is 61.7 cm³/mol. The van der Waals surface area contributed by atoms with E-state index < -0.39 is 9.84 Å². The van der Waals surface area contributed by atoms with Crippen molar-refractivity contribution in [3.63, 3.8) is 0 Å². The summed E-state index contributed by atoms with van der Waals surface area (Å²) in [4.78, 5) is 0. The van der Waals surface area contributed by atoms with Crippen molar-refractivity contribution in [1.82, 2.24) is 5.32 Å². The fourth-order valence-electron chi connectivity index (χ4n) is 0.987. The van der Waals surface area contributed by atoms with E-state index in [-0.39, 0.29) is 16.9 Å². The Hall–Kier alpha value is 0.200. The summed E-state index contributed by atoms with van der Waals surface area (Å²) in [5.74, 6) is 0.526. The van der Waals surface area contributed by atoms with Crippen LogP contribution in [-0.2, 0) is 9.84 Å². The fourth-order valence-corrected chi connectivity index (χ4v) is 1.97. The lowest BCUT2D eigenvalue weighted by atomic mass is 10.3. The molecule has 0 spiro atoms. The highest BCUT2D eigenvalue weighted by atomic mass is 35.5. The maximum Gasteiger partial charge on any atom is 0.150 e. The number of hydrogen-bond acceptors (Lipinski definition) is 3. The Kier molecular flexibility index (Phi) is 7.59. The number of rotatable bonds is 8. The van der Waals surface area contributed by atoms with Crippen LogP contribution >= 0.6 is 11.6 Å². The average Bonchev–Trinajstić information content (AvgIpc) is 2.10. The number of halogens is 1. The van der Waals surface area contributed by atoms with E-state index in [1.165, 1.54) is 0 Å². The molecule has 1 atom stereocenters. The highest BCUT2D eigenvalue weighted by Crippen LogP contribution is 1.97. The smallest absolute Gasteiger partial charge is 0.150 e. The maximum atomic E-state index is 11.1. The van der Waals surface area contributed by atoms with Crippen LogP contribution in [0.25, 0.3) is 0 Å². The van der Waals surface area contributed by atoms with Gasteiger partial charge in [-0.2, -0.15) is 0 Å². The minimum absolute atomic E-state index is 0.182. The van der Waals surface area contributed by atoms with Crippen LogP contribution in [0.4, 0.5) is 0 Å². The lowest BCUT2D eigenvalue weighted by Crippen LogP contribution is -2.21. The zero-order valence-corrected chi connectivity index (χ0v) is 10.5. The van der Waals surface area contributed by atoms with Gasteiger partial charge in [0.1, 0.15) is 9.84 Å². The molecule has 0 saturated carbocycles. The first-order chi connectivity index (χ1) is 6.48. The molecule has 0 radical (unpaired) electrons. The first-order valence-electron chi connectivity index (χ1n) is 5.03. The van der Waals surface area contributed by atoms with E-state index in [1.54, 1.807) is 6.92 Å². The molecule has 1 unspecified atom stereocenters. The maximum absolute atomic E-state index is 11.1. The van der Waals surface area contributed by atoms with Gasteiger partial charge in [0.05, 0.1) is 5.75 Å². The lowest BCUT2D eigenvalue weighted by Gasteiger charge is -2.05. The van der Waals surface area contributed by atoms with Gasteiger partial charge >= 0.3 is 0 Å². The van der Waals surface area contributed by atoms with Crippen LogP contribution in [0, 0.1) is 0 Å². The van der Waals surface area contributed by atoms with Gasteiger partial charge in [-0.25, -0.2) is 8.42 Å². The summed E-state index contributed by atoms with van der Waals surface area (Å²) in [6.07, 6.45) is 1.61. The van der Waals surface area contributed by atoms with Crippen LogP contribution in [0.5, 0.6) is 0 Å². The summed E-state index contributed by atoms with van der Waals surface area (Å²) in [7, 11) is -2.79. The van der Waals surface area contributed by atoms with Crippen molar-refractivity contribution >= 4 is 21.4 Å². The molecule has 0 heterocycles. The van der Waals surface area contributed by atoms with E-state index in [9.17, 15) is 8.42 Å². The highest BCUT2D eigenvalue weighted by Gasteiger charge is 2.05. The van der Waals surface area contributed by atoms with Crippen molar-refractivity contribution in [2.75, 3.05) is 24.6 Å². The molecule has 0 saturated heterocycles. The van der Waals surface area contributed by atoms with Crippen LogP contribution in [0.3, 0.4) is 0 Å². The average molecular weight is 242 g/mol. The Balaban J connectivity index is 3.31. The first kappa shape index (κ1) is 14.2. The quantitative estimate of drug-likeness (QED) is 0.517. The highest BCUT2D eigenvalue weighted by molar-refractivity contribution is 7.91. The largest absolute Gasteiger partial charge is 0.317 e. The van der Waals surface area contributed by atoms with Gasteiger partial charge in [-0.15, -0.1) is 11.6 Å². The number of nitrogens with one attached hydrogen (secondary N) is 1. The Labute approximate surface area is 92.1 Å². The molecular weight excluding hydrogens is 222 g/mol. The summed E-state index contributed by atoms with van der Waals surface area (Å²) in [5, 5.41) is 3.35. The van der Waals surface area contributed by atoms with Gasteiger partial charge in [0, 0.05) is 11.1 Å². The normalized spacial score (nSPS) is 14.2. The topological polar surface area (TPSA) is 46.2 Å². The molecule has 3 nitrogen and oxygen atoms in total. The summed E-state index contributed by atoms with van der Waals surface area (Å²) in [6.45, 7) is 5.24. The number of alkyl halides is 1. The van der Waals surface area contributed by atoms with Crippen molar-refractivity contribution in [2.24, 2.45) is 0 Å². The third-order valence-electron chi connectivity index (χ3n) is 1.97. The first-order valence-corrected chi connectivity index (χ1v) is 7.29. The molecule has 86 valence electrons. The van der Waals surface area contributed by atoms with E-state index in [0.29, 0.717) is 6.42 Å². The van der Waals surface area contributed by atoms with Gasteiger partial charge in [-0.1, -0.05) is 6.92 Å². The van der Waals surface area contributed by atoms with E-state index in [1.807, 2.05) is 6.92 Å². The molecule has 0 aliphatic carbocycles. The molecular formula is C9H20ClNO2S. The third-order valence-corrected chi connectivity index (χ3v) is 3.98. The summed E-state index contributed by atoms with van der Waals surface area (Å²) < 4.78 is 22.2. The molecule has 0 rings (SSSR count). The monoisotopic (exact) mass is 241 g/mol. The van der Waals surface area contributed by atoms with E-state index in [2.05, 4.69) is 5.32 Å². The van der Waals surface area contributed by atoms with Gasteiger partial charge in [0.25, 0.3) is 0 Å². The Bertz CT molecular complexity index is 227. The minimum atomic E-state index is -2.79. The SMILES string of the molecule is CCS(=O)(=O)CCCNCCC(C)Cl. The molecule has 0 aromatic rings. The van der Waals surface area contributed by atoms with Gasteiger partial charge < -0.3 is 5.32 Å². The third kappa shape index (κ3) is 8.78.